The highest BCUT2D eigenvalue weighted by Gasteiger charge is 2.23. The number of amides is 2. The molecule has 1 atom stereocenters. The first-order valence-corrected chi connectivity index (χ1v) is 8.85. The van der Waals surface area contributed by atoms with E-state index in [4.69, 9.17) is 0 Å². The second-order valence-electron chi connectivity index (χ2n) is 6.04. The van der Waals surface area contributed by atoms with Crippen LogP contribution in [0, 0.1) is 0 Å². The number of halogens is 1. The van der Waals surface area contributed by atoms with Crippen molar-refractivity contribution >= 4 is 53.1 Å². The van der Waals surface area contributed by atoms with Gasteiger partial charge in [0, 0.05) is 45.0 Å². The first kappa shape index (κ1) is 21.7. The van der Waals surface area contributed by atoms with Gasteiger partial charge in [-0.3, -0.25) is 9.59 Å². The second kappa shape index (κ2) is 10.6. The maximum Gasteiger partial charge on any atom is 0.243 e. The summed E-state index contributed by atoms with van der Waals surface area (Å²) < 4.78 is 0. The fraction of sp³-hybridized carbons (Fsp3) is 0.562. The number of likely N-dealkylation sites (tertiary alicyclic amines) is 1. The van der Waals surface area contributed by atoms with Crippen LogP contribution in [0.25, 0.3) is 0 Å². The van der Waals surface area contributed by atoms with Crippen molar-refractivity contribution in [1.82, 2.24) is 20.4 Å². The van der Waals surface area contributed by atoms with Gasteiger partial charge in [0.25, 0.3) is 0 Å². The number of hydrogen-bond acceptors (Lipinski definition) is 4. The topological polar surface area (TPSA) is 77.0 Å². The average molecular weight is 479 g/mol. The number of rotatable bonds is 5. The van der Waals surface area contributed by atoms with E-state index < -0.39 is 0 Å². The summed E-state index contributed by atoms with van der Waals surface area (Å²) in [5.74, 6) is 0.718. The van der Waals surface area contributed by atoms with Crippen LogP contribution in [0.15, 0.2) is 22.5 Å². The maximum atomic E-state index is 11.8. The minimum atomic E-state index is -0.0526. The number of guanidine groups is 1. The first-order valence-electron chi connectivity index (χ1n) is 7.97. The van der Waals surface area contributed by atoms with Crippen molar-refractivity contribution < 1.29 is 9.59 Å². The van der Waals surface area contributed by atoms with E-state index >= 15 is 0 Å². The number of hydrogen-bond donors (Lipinski definition) is 2. The molecule has 1 aromatic rings. The van der Waals surface area contributed by atoms with Crippen LogP contribution in [0.4, 0.5) is 0 Å². The molecule has 9 heteroatoms. The van der Waals surface area contributed by atoms with Gasteiger partial charge in [-0.2, -0.15) is 0 Å². The zero-order valence-electron chi connectivity index (χ0n) is 14.8. The molecule has 2 amide bonds. The monoisotopic (exact) mass is 479 g/mol. The molecule has 1 fully saturated rings. The molecule has 0 spiro atoms. The van der Waals surface area contributed by atoms with Crippen molar-refractivity contribution in [2.45, 2.75) is 25.4 Å². The van der Waals surface area contributed by atoms with Gasteiger partial charge >= 0.3 is 0 Å². The third kappa shape index (κ3) is 7.18. The Hall–Kier alpha value is -1.36. The van der Waals surface area contributed by atoms with Crippen LogP contribution in [0.1, 0.15) is 17.7 Å². The van der Waals surface area contributed by atoms with Crippen molar-refractivity contribution in [1.29, 1.82) is 0 Å². The van der Waals surface area contributed by atoms with Crippen LogP contribution in [0.5, 0.6) is 0 Å². The Morgan fingerprint density at radius 2 is 2.24 bits per heavy atom. The number of carbonyl (C=O) groups excluding carboxylic acids is 2. The van der Waals surface area contributed by atoms with E-state index in [1.165, 1.54) is 9.78 Å². The highest BCUT2D eigenvalue weighted by molar-refractivity contribution is 14.0. The third-order valence-corrected chi connectivity index (χ3v) is 4.73. The summed E-state index contributed by atoms with van der Waals surface area (Å²) in [6.07, 6.45) is 1.30. The lowest BCUT2D eigenvalue weighted by molar-refractivity contribution is -0.132. The Kier molecular flexibility index (Phi) is 9.19. The zero-order valence-corrected chi connectivity index (χ0v) is 18.0. The molecule has 0 radical (unpaired) electrons. The number of nitrogens with zero attached hydrogens (tertiary/aromatic N) is 3. The molecule has 1 aliphatic heterocycles. The van der Waals surface area contributed by atoms with Crippen molar-refractivity contribution in [2.24, 2.45) is 4.99 Å². The minimum Gasteiger partial charge on any atom is -0.352 e. The molecular weight excluding hydrogens is 453 g/mol. The van der Waals surface area contributed by atoms with E-state index in [2.05, 4.69) is 15.6 Å². The Balaban J connectivity index is 0.00000312. The molecule has 2 N–H and O–H groups in total. The zero-order chi connectivity index (χ0) is 17.5. The molecule has 0 bridgehead atoms. The molecule has 1 saturated heterocycles. The lowest BCUT2D eigenvalue weighted by Crippen LogP contribution is -2.51. The van der Waals surface area contributed by atoms with Gasteiger partial charge in [0.2, 0.25) is 11.8 Å². The van der Waals surface area contributed by atoms with E-state index in [1.54, 1.807) is 30.3 Å². The SMILES string of the molecule is CN(C)C(=O)CN=C(NCc1cccs1)NC1CCC(=O)N(C)C1.I. The molecule has 25 heavy (non-hydrogen) atoms. The number of nitrogens with one attached hydrogen (secondary N) is 2. The number of carbonyl (C=O) groups is 2. The maximum absolute atomic E-state index is 11.8. The number of piperidine rings is 1. The summed E-state index contributed by atoms with van der Waals surface area (Å²) in [5.41, 5.74) is 0. The van der Waals surface area contributed by atoms with Crippen LogP contribution in [-0.2, 0) is 16.1 Å². The van der Waals surface area contributed by atoms with Crippen molar-refractivity contribution in [3.05, 3.63) is 22.4 Å². The Bertz CT molecular complexity index is 591. The first-order chi connectivity index (χ1) is 11.5. The van der Waals surface area contributed by atoms with Crippen molar-refractivity contribution in [2.75, 3.05) is 34.2 Å². The lowest BCUT2D eigenvalue weighted by atomic mass is 10.1. The lowest BCUT2D eigenvalue weighted by Gasteiger charge is -2.31. The fourth-order valence-electron chi connectivity index (χ4n) is 2.35. The van der Waals surface area contributed by atoms with E-state index in [9.17, 15) is 9.59 Å². The van der Waals surface area contributed by atoms with Crippen LogP contribution in [-0.4, -0.2) is 67.8 Å². The quantitative estimate of drug-likeness (QED) is 0.377. The summed E-state index contributed by atoms with van der Waals surface area (Å²) in [6, 6.07) is 4.19. The number of thiophene rings is 1. The molecule has 1 aromatic heterocycles. The summed E-state index contributed by atoms with van der Waals surface area (Å²) in [4.78, 5) is 32.2. The van der Waals surface area contributed by atoms with E-state index in [0.29, 0.717) is 25.5 Å². The molecule has 0 aromatic carbocycles. The second-order valence-corrected chi connectivity index (χ2v) is 7.07. The molecule has 140 valence electrons. The fourth-order valence-corrected chi connectivity index (χ4v) is 2.99. The Morgan fingerprint density at radius 3 is 2.84 bits per heavy atom. The summed E-state index contributed by atoms with van der Waals surface area (Å²) in [7, 11) is 5.24. The highest BCUT2D eigenvalue weighted by Crippen LogP contribution is 2.10. The Labute approximate surface area is 169 Å². The average Bonchev–Trinajstić information content (AvgIpc) is 3.06. The minimum absolute atomic E-state index is 0. The van der Waals surface area contributed by atoms with Gasteiger partial charge in [-0.05, 0) is 17.9 Å². The van der Waals surface area contributed by atoms with Crippen molar-refractivity contribution in [3.8, 4) is 0 Å². The molecule has 0 saturated carbocycles. The van der Waals surface area contributed by atoms with Gasteiger partial charge < -0.3 is 20.4 Å². The largest absolute Gasteiger partial charge is 0.352 e. The molecule has 2 rings (SSSR count). The molecule has 1 aliphatic rings. The molecule has 2 heterocycles. The molecule has 0 aliphatic carbocycles. The van der Waals surface area contributed by atoms with Crippen LogP contribution in [0.3, 0.4) is 0 Å². The van der Waals surface area contributed by atoms with Crippen LogP contribution < -0.4 is 10.6 Å². The summed E-state index contributed by atoms with van der Waals surface area (Å²) in [5, 5.41) is 8.63. The van der Waals surface area contributed by atoms with Crippen LogP contribution >= 0.6 is 35.3 Å². The third-order valence-electron chi connectivity index (χ3n) is 3.85. The van der Waals surface area contributed by atoms with Gasteiger partial charge in [-0.15, -0.1) is 35.3 Å². The van der Waals surface area contributed by atoms with Crippen molar-refractivity contribution in [3.63, 3.8) is 0 Å². The Morgan fingerprint density at radius 1 is 1.48 bits per heavy atom. The van der Waals surface area contributed by atoms with E-state index in [-0.39, 0.29) is 48.4 Å². The normalized spacial score (nSPS) is 17.7. The van der Waals surface area contributed by atoms with Crippen LogP contribution in [0.2, 0.25) is 0 Å². The summed E-state index contributed by atoms with van der Waals surface area (Å²) in [6.45, 7) is 1.38. The molecular formula is C16H26IN5O2S. The predicted molar refractivity (Wildman–Crippen MR) is 111 cm³/mol. The standard InChI is InChI=1S/C16H25N5O2S.HI/c1-20(2)15(23)10-18-16(17-9-13-5-4-8-24-13)19-12-6-7-14(22)21(3)11-12;/h4-5,8,12H,6-7,9-11H2,1-3H3,(H2,17,18,19);1H. The molecule has 7 nitrogen and oxygen atoms in total. The van der Waals surface area contributed by atoms with Gasteiger partial charge in [-0.25, -0.2) is 4.99 Å². The predicted octanol–water partition coefficient (Wildman–Crippen LogP) is 1.11. The van der Waals surface area contributed by atoms with Gasteiger partial charge in [0.1, 0.15) is 6.54 Å². The van der Waals surface area contributed by atoms with Gasteiger partial charge in [0.15, 0.2) is 5.96 Å². The van der Waals surface area contributed by atoms with E-state index in [0.717, 1.165) is 6.42 Å². The molecule has 1 unspecified atom stereocenters. The van der Waals surface area contributed by atoms with E-state index in [1.807, 2.05) is 24.6 Å². The highest BCUT2D eigenvalue weighted by atomic mass is 127. The number of aliphatic imine (C=N–C) groups is 1. The van der Waals surface area contributed by atoms with Gasteiger partial charge in [0.05, 0.1) is 6.54 Å². The smallest absolute Gasteiger partial charge is 0.243 e. The summed E-state index contributed by atoms with van der Waals surface area (Å²) >= 11 is 1.67. The van der Waals surface area contributed by atoms with Gasteiger partial charge in [-0.1, -0.05) is 6.07 Å². The number of likely N-dealkylation sites (N-methyl/N-ethyl adjacent to an activating group) is 2.